The third kappa shape index (κ3) is 2.71. The van der Waals surface area contributed by atoms with Gasteiger partial charge < -0.3 is 5.01 Å². The highest BCUT2D eigenvalue weighted by atomic mass is 35.5. The second kappa shape index (κ2) is 6.16. The minimum atomic E-state index is 0.311. The molecule has 0 spiro atoms. The van der Waals surface area contributed by atoms with E-state index in [1.807, 2.05) is 0 Å². The van der Waals surface area contributed by atoms with Gasteiger partial charge in [-0.15, -0.1) is 11.6 Å². The van der Waals surface area contributed by atoms with Gasteiger partial charge >= 0.3 is 0 Å². The molecule has 22 heavy (non-hydrogen) atoms. The second-order valence-corrected chi connectivity index (χ2v) is 8.19. The number of alkyl halides is 1. The quantitative estimate of drug-likeness (QED) is 0.687. The summed E-state index contributed by atoms with van der Waals surface area (Å²) < 4.78 is 0. The van der Waals surface area contributed by atoms with Crippen LogP contribution in [0.2, 0.25) is 0 Å². The molecule has 2 saturated heterocycles. The first-order chi connectivity index (χ1) is 10.7. The first-order valence-corrected chi connectivity index (χ1v) is 9.57. The highest BCUT2D eigenvalue weighted by Crippen LogP contribution is 2.40. The summed E-state index contributed by atoms with van der Waals surface area (Å²) in [6, 6.07) is 0.480. The summed E-state index contributed by atoms with van der Waals surface area (Å²) in [5.74, 6) is 1.41. The lowest BCUT2D eigenvalue weighted by molar-refractivity contribution is -0.145. The number of rotatable bonds is 1. The third-order valence-electron chi connectivity index (χ3n) is 6.15. The van der Waals surface area contributed by atoms with Crippen LogP contribution in [0.5, 0.6) is 0 Å². The van der Waals surface area contributed by atoms with Gasteiger partial charge in [-0.2, -0.15) is 0 Å². The zero-order valence-electron chi connectivity index (χ0n) is 13.3. The zero-order chi connectivity index (χ0) is 15.1. The molecule has 4 atom stereocenters. The van der Waals surface area contributed by atoms with Crippen LogP contribution in [0.15, 0.2) is 11.8 Å². The number of hydrogen-bond donors (Lipinski definition) is 0. The van der Waals surface area contributed by atoms with Gasteiger partial charge in [-0.05, 0) is 38.0 Å². The lowest BCUT2D eigenvalue weighted by atomic mass is 9.80. The number of carbonyl (C=O) groups is 1. The van der Waals surface area contributed by atoms with Gasteiger partial charge in [-0.1, -0.05) is 25.3 Å². The molecule has 4 heteroatoms. The summed E-state index contributed by atoms with van der Waals surface area (Å²) >= 11 is 6.34. The second-order valence-electron chi connectivity index (χ2n) is 7.58. The Labute approximate surface area is 138 Å². The van der Waals surface area contributed by atoms with Crippen molar-refractivity contribution in [2.45, 2.75) is 69.2 Å². The van der Waals surface area contributed by atoms with Crippen LogP contribution in [0.25, 0.3) is 0 Å². The molecule has 0 aromatic carbocycles. The van der Waals surface area contributed by atoms with Crippen molar-refractivity contribution in [3.8, 4) is 0 Å². The van der Waals surface area contributed by atoms with Gasteiger partial charge in [0.25, 0.3) is 0 Å². The van der Waals surface area contributed by atoms with Crippen molar-refractivity contribution in [2.24, 2.45) is 11.8 Å². The van der Waals surface area contributed by atoms with E-state index in [4.69, 9.17) is 11.6 Å². The van der Waals surface area contributed by atoms with Gasteiger partial charge in [-0.25, -0.2) is 5.01 Å². The summed E-state index contributed by atoms with van der Waals surface area (Å²) in [6.07, 6.45) is 13.2. The Hall–Kier alpha value is -0.540. The average Bonchev–Trinajstić information content (AvgIpc) is 2.91. The standard InChI is InChI=1S/C18H27ClN2O/c19-14-5-3-4-13(10-14)11-15-8-9-20-17-7-2-1-6-16(17)18(22)12-21(15)20/h11,13-14,16-17H,1-10,12H2/b15-11+. The molecule has 0 N–H and O–H groups in total. The Balaban J connectivity index is 1.51. The number of halogens is 1. The molecule has 4 rings (SSSR count). The molecule has 3 nitrogen and oxygen atoms in total. The molecule has 0 aromatic rings. The summed E-state index contributed by atoms with van der Waals surface area (Å²) in [7, 11) is 0. The fourth-order valence-corrected chi connectivity index (χ4v) is 5.43. The van der Waals surface area contributed by atoms with Gasteiger partial charge in [0.1, 0.15) is 0 Å². The molecule has 0 bridgehead atoms. The van der Waals surface area contributed by atoms with Crippen LogP contribution in [0.1, 0.15) is 57.8 Å². The summed E-state index contributed by atoms with van der Waals surface area (Å²) in [6.45, 7) is 1.72. The molecule has 122 valence electrons. The van der Waals surface area contributed by atoms with Gasteiger partial charge in [0.2, 0.25) is 0 Å². The monoisotopic (exact) mass is 322 g/mol. The fourth-order valence-electron chi connectivity index (χ4n) is 5.05. The molecule has 2 aliphatic heterocycles. The van der Waals surface area contributed by atoms with Crippen molar-refractivity contribution >= 4 is 17.4 Å². The van der Waals surface area contributed by atoms with E-state index in [1.165, 1.54) is 44.2 Å². The SMILES string of the molecule is O=C1CN2/C(=C/C3CCCC(Cl)C3)CCN2C2CCCCC12. The Morgan fingerprint density at radius 2 is 1.95 bits per heavy atom. The maximum absolute atomic E-state index is 12.5. The molecule has 0 aromatic heterocycles. The van der Waals surface area contributed by atoms with E-state index in [9.17, 15) is 4.79 Å². The Morgan fingerprint density at radius 1 is 1.09 bits per heavy atom. The first-order valence-electron chi connectivity index (χ1n) is 9.14. The number of fused-ring (bicyclic) bond motifs is 3. The van der Waals surface area contributed by atoms with E-state index in [2.05, 4.69) is 16.1 Å². The minimum absolute atomic E-state index is 0.311. The number of hydrogen-bond acceptors (Lipinski definition) is 3. The largest absolute Gasteiger partial charge is 0.302 e. The summed E-state index contributed by atoms with van der Waals surface area (Å²) in [5.41, 5.74) is 1.40. The minimum Gasteiger partial charge on any atom is -0.302 e. The highest BCUT2D eigenvalue weighted by Gasteiger charge is 2.45. The van der Waals surface area contributed by atoms with Crippen LogP contribution in [0.4, 0.5) is 0 Å². The Bertz CT molecular complexity index is 478. The van der Waals surface area contributed by atoms with Crippen LogP contribution in [0, 0.1) is 11.8 Å². The third-order valence-corrected chi connectivity index (χ3v) is 6.55. The van der Waals surface area contributed by atoms with Crippen LogP contribution in [-0.2, 0) is 4.79 Å². The maximum Gasteiger partial charge on any atom is 0.158 e. The van der Waals surface area contributed by atoms with Crippen molar-refractivity contribution in [3.05, 3.63) is 11.8 Å². The van der Waals surface area contributed by atoms with Crippen molar-refractivity contribution in [3.63, 3.8) is 0 Å². The van der Waals surface area contributed by atoms with Gasteiger partial charge in [-0.3, -0.25) is 4.79 Å². The van der Waals surface area contributed by atoms with Crippen LogP contribution >= 0.6 is 11.6 Å². The Morgan fingerprint density at radius 3 is 2.82 bits per heavy atom. The highest BCUT2D eigenvalue weighted by molar-refractivity contribution is 6.20. The lowest BCUT2D eigenvalue weighted by Gasteiger charge is -2.47. The molecule has 4 unspecified atom stereocenters. The van der Waals surface area contributed by atoms with Crippen molar-refractivity contribution in [2.75, 3.05) is 13.1 Å². The van der Waals surface area contributed by atoms with E-state index in [-0.39, 0.29) is 0 Å². The zero-order valence-corrected chi connectivity index (χ0v) is 14.1. The van der Waals surface area contributed by atoms with E-state index >= 15 is 0 Å². The van der Waals surface area contributed by atoms with Gasteiger partial charge in [0.05, 0.1) is 6.54 Å². The fraction of sp³-hybridized carbons (Fsp3) is 0.833. The number of carbonyl (C=O) groups excluding carboxylic acids is 1. The van der Waals surface area contributed by atoms with Crippen molar-refractivity contribution in [1.29, 1.82) is 0 Å². The smallest absolute Gasteiger partial charge is 0.158 e. The molecule has 2 aliphatic carbocycles. The molecule has 2 heterocycles. The van der Waals surface area contributed by atoms with E-state index in [0.29, 0.717) is 35.6 Å². The molecule has 0 amide bonds. The molecule has 4 fully saturated rings. The topological polar surface area (TPSA) is 23.6 Å². The molecular formula is C18H27ClN2O. The van der Waals surface area contributed by atoms with Gasteiger partial charge in [0.15, 0.2) is 5.78 Å². The van der Waals surface area contributed by atoms with Crippen LogP contribution in [-0.4, -0.2) is 40.3 Å². The molecule has 4 aliphatic rings. The summed E-state index contributed by atoms with van der Waals surface area (Å²) in [4.78, 5) is 12.5. The summed E-state index contributed by atoms with van der Waals surface area (Å²) in [5, 5.41) is 5.20. The maximum atomic E-state index is 12.5. The molecule has 0 radical (unpaired) electrons. The van der Waals surface area contributed by atoms with Crippen molar-refractivity contribution in [1.82, 2.24) is 10.0 Å². The number of allylic oxidation sites excluding steroid dienone is 1. The van der Waals surface area contributed by atoms with E-state index in [1.54, 1.807) is 0 Å². The number of nitrogens with zero attached hydrogens (tertiary/aromatic N) is 2. The van der Waals surface area contributed by atoms with Crippen molar-refractivity contribution < 1.29 is 4.79 Å². The molecular weight excluding hydrogens is 296 g/mol. The van der Waals surface area contributed by atoms with Gasteiger partial charge in [0, 0.05) is 36.0 Å². The van der Waals surface area contributed by atoms with Crippen LogP contribution in [0.3, 0.4) is 0 Å². The Kier molecular flexibility index (Phi) is 4.21. The predicted molar refractivity (Wildman–Crippen MR) is 88.5 cm³/mol. The number of ketones is 1. The number of hydrazine groups is 1. The number of Topliss-reactive ketones (excluding diaryl/α,β-unsaturated/α-hetero) is 1. The van der Waals surface area contributed by atoms with E-state index in [0.717, 1.165) is 25.8 Å². The first kappa shape index (κ1) is 15.0. The van der Waals surface area contributed by atoms with Crippen LogP contribution < -0.4 is 0 Å². The lowest BCUT2D eigenvalue weighted by Crippen LogP contribution is -2.57. The van der Waals surface area contributed by atoms with E-state index < -0.39 is 0 Å². The predicted octanol–water partition coefficient (Wildman–Crippen LogP) is 3.73. The molecule has 2 saturated carbocycles. The normalized spacial score (nSPS) is 41.6. The average molecular weight is 323 g/mol.